The normalized spacial score (nSPS) is 13.1. The van der Waals surface area contributed by atoms with Gasteiger partial charge in [-0.25, -0.2) is 4.79 Å². The standard InChI is InChI=1S/C23H19F3N2O2/c24-23(25,26)18-7-4-8-19(14-18)27-22(29)30-20-9-10-21-17(13-20)11-12-28(21)15-16-5-2-1-3-6-16/h1-10,13-14H,11-12,15H2,(H,27,29). The Balaban J connectivity index is 1.41. The van der Waals surface area contributed by atoms with Gasteiger partial charge in [0, 0.05) is 24.5 Å². The van der Waals surface area contributed by atoms with Gasteiger partial charge in [0.2, 0.25) is 0 Å². The lowest BCUT2D eigenvalue weighted by atomic mass is 10.1. The van der Waals surface area contributed by atoms with E-state index in [1.807, 2.05) is 24.3 Å². The molecule has 0 unspecified atom stereocenters. The molecule has 154 valence electrons. The Morgan fingerprint density at radius 2 is 1.80 bits per heavy atom. The maximum atomic E-state index is 12.8. The van der Waals surface area contributed by atoms with Crippen LogP contribution in [0.4, 0.5) is 29.3 Å². The second-order valence-electron chi connectivity index (χ2n) is 7.04. The number of hydrogen-bond acceptors (Lipinski definition) is 3. The zero-order chi connectivity index (χ0) is 21.1. The van der Waals surface area contributed by atoms with Gasteiger partial charge in [0.25, 0.3) is 0 Å². The second kappa shape index (κ2) is 8.10. The summed E-state index contributed by atoms with van der Waals surface area (Å²) in [5.74, 6) is 0.347. The van der Waals surface area contributed by atoms with Crippen molar-refractivity contribution < 1.29 is 22.7 Å². The van der Waals surface area contributed by atoms with Crippen molar-refractivity contribution in [1.82, 2.24) is 0 Å². The number of hydrogen-bond donors (Lipinski definition) is 1. The number of nitrogens with zero attached hydrogens (tertiary/aromatic N) is 1. The van der Waals surface area contributed by atoms with E-state index in [0.717, 1.165) is 42.9 Å². The van der Waals surface area contributed by atoms with Crippen LogP contribution in [0.1, 0.15) is 16.7 Å². The summed E-state index contributed by atoms with van der Waals surface area (Å²) in [4.78, 5) is 14.4. The number of halogens is 3. The van der Waals surface area contributed by atoms with Gasteiger partial charge in [-0.2, -0.15) is 13.2 Å². The largest absolute Gasteiger partial charge is 0.417 e. The van der Waals surface area contributed by atoms with E-state index in [9.17, 15) is 18.0 Å². The highest BCUT2D eigenvalue weighted by atomic mass is 19.4. The average Bonchev–Trinajstić information content (AvgIpc) is 3.10. The SMILES string of the molecule is O=C(Nc1cccc(C(F)(F)F)c1)Oc1ccc2c(c1)CCN2Cc1ccccc1. The molecule has 1 aliphatic rings. The lowest BCUT2D eigenvalue weighted by Crippen LogP contribution is -2.19. The number of anilines is 2. The van der Waals surface area contributed by atoms with Crippen molar-refractivity contribution in [3.63, 3.8) is 0 Å². The van der Waals surface area contributed by atoms with Crippen LogP contribution in [0, 0.1) is 0 Å². The molecule has 0 atom stereocenters. The predicted molar refractivity (Wildman–Crippen MR) is 109 cm³/mol. The minimum Gasteiger partial charge on any atom is -0.410 e. The summed E-state index contributed by atoms with van der Waals surface area (Å²) >= 11 is 0. The van der Waals surface area contributed by atoms with Crippen molar-refractivity contribution in [1.29, 1.82) is 0 Å². The fraction of sp³-hybridized carbons (Fsp3) is 0.174. The predicted octanol–water partition coefficient (Wildman–Crippen LogP) is 5.88. The van der Waals surface area contributed by atoms with E-state index < -0.39 is 17.8 Å². The lowest BCUT2D eigenvalue weighted by Gasteiger charge is -2.19. The zero-order valence-corrected chi connectivity index (χ0v) is 15.9. The maximum absolute atomic E-state index is 12.8. The van der Waals surface area contributed by atoms with Gasteiger partial charge in [-0.05, 0) is 53.9 Å². The molecule has 4 rings (SSSR count). The highest BCUT2D eigenvalue weighted by Crippen LogP contribution is 2.33. The molecule has 30 heavy (non-hydrogen) atoms. The van der Waals surface area contributed by atoms with Crippen molar-refractivity contribution in [2.24, 2.45) is 0 Å². The van der Waals surface area contributed by atoms with E-state index in [0.29, 0.717) is 5.75 Å². The summed E-state index contributed by atoms with van der Waals surface area (Å²) in [5.41, 5.74) is 2.55. The first kappa shape index (κ1) is 19.8. The number of carbonyl (C=O) groups excluding carboxylic acids is 1. The highest BCUT2D eigenvalue weighted by molar-refractivity contribution is 5.86. The van der Waals surface area contributed by atoms with Gasteiger partial charge in [0.05, 0.1) is 5.56 Å². The van der Waals surface area contributed by atoms with Crippen molar-refractivity contribution in [3.8, 4) is 5.75 Å². The number of carbonyl (C=O) groups is 1. The number of fused-ring (bicyclic) bond motifs is 1. The van der Waals surface area contributed by atoms with E-state index in [4.69, 9.17) is 4.74 Å². The first-order valence-electron chi connectivity index (χ1n) is 9.46. The van der Waals surface area contributed by atoms with E-state index in [2.05, 4.69) is 22.3 Å². The molecule has 0 spiro atoms. The number of amides is 1. The van der Waals surface area contributed by atoms with Crippen molar-refractivity contribution >= 4 is 17.5 Å². The Kier molecular flexibility index (Phi) is 5.35. The molecule has 1 N–H and O–H groups in total. The molecule has 1 heterocycles. The molecule has 0 radical (unpaired) electrons. The molecule has 3 aromatic carbocycles. The molecule has 4 nitrogen and oxygen atoms in total. The lowest BCUT2D eigenvalue weighted by molar-refractivity contribution is -0.137. The Morgan fingerprint density at radius 1 is 1.00 bits per heavy atom. The number of benzene rings is 3. The molecular formula is C23H19F3N2O2. The van der Waals surface area contributed by atoms with Crippen LogP contribution in [-0.2, 0) is 19.1 Å². The van der Waals surface area contributed by atoms with Crippen LogP contribution in [-0.4, -0.2) is 12.6 Å². The maximum Gasteiger partial charge on any atom is 0.417 e. The van der Waals surface area contributed by atoms with Crippen LogP contribution in [0.3, 0.4) is 0 Å². The minimum atomic E-state index is -4.48. The number of alkyl halides is 3. The van der Waals surface area contributed by atoms with Gasteiger partial charge in [-0.15, -0.1) is 0 Å². The summed E-state index contributed by atoms with van der Waals surface area (Å²) < 4.78 is 43.7. The van der Waals surface area contributed by atoms with Crippen LogP contribution >= 0.6 is 0 Å². The number of nitrogens with one attached hydrogen (secondary N) is 1. The Hall–Kier alpha value is -3.48. The fourth-order valence-electron chi connectivity index (χ4n) is 3.50. The quantitative estimate of drug-likeness (QED) is 0.582. The molecule has 0 aromatic heterocycles. The average molecular weight is 412 g/mol. The first-order valence-corrected chi connectivity index (χ1v) is 9.46. The number of ether oxygens (including phenoxy) is 1. The molecule has 0 fully saturated rings. The third-order valence-corrected chi connectivity index (χ3v) is 4.91. The Morgan fingerprint density at radius 3 is 2.57 bits per heavy atom. The molecule has 0 bridgehead atoms. The molecule has 0 aliphatic carbocycles. The monoisotopic (exact) mass is 412 g/mol. The van der Waals surface area contributed by atoms with Crippen molar-refractivity contribution in [2.75, 3.05) is 16.8 Å². The molecule has 3 aromatic rings. The summed E-state index contributed by atoms with van der Waals surface area (Å²) in [6, 6.07) is 20.0. The molecule has 7 heteroatoms. The van der Waals surface area contributed by atoms with E-state index in [1.165, 1.54) is 17.7 Å². The molecule has 0 saturated carbocycles. The molecular weight excluding hydrogens is 393 g/mol. The van der Waals surface area contributed by atoms with E-state index in [1.54, 1.807) is 12.1 Å². The van der Waals surface area contributed by atoms with Crippen LogP contribution in [0.15, 0.2) is 72.8 Å². The third-order valence-electron chi connectivity index (χ3n) is 4.91. The first-order chi connectivity index (χ1) is 14.4. The molecule has 1 aliphatic heterocycles. The van der Waals surface area contributed by atoms with Crippen LogP contribution in [0.2, 0.25) is 0 Å². The van der Waals surface area contributed by atoms with Gasteiger partial charge in [0.1, 0.15) is 5.75 Å². The highest BCUT2D eigenvalue weighted by Gasteiger charge is 2.30. The van der Waals surface area contributed by atoms with E-state index >= 15 is 0 Å². The number of rotatable bonds is 4. The summed E-state index contributed by atoms with van der Waals surface area (Å²) in [6.45, 7) is 1.66. The molecule has 0 saturated heterocycles. The molecule has 1 amide bonds. The van der Waals surface area contributed by atoms with Crippen LogP contribution in [0.5, 0.6) is 5.75 Å². The zero-order valence-electron chi connectivity index (χ0n) is 15.9. The van der Waals surface area contributed by atoms with Crippen molar-refractivity contribution in [3.05, 3.63) is 89.5 Å². The van der Waals surface area contributed by atoms with E-state index in [-0.39, 0.29) is 5.69 Å². The van der Waals surface area contributed by atoms with Gasteiger partial charge in [0.15, 0.2) is 0 Å². The summed E-state index contributed by atoms with van der Waals surface area (Å²) in [6.07, 6.45) is -4.49. The topological polar surface area (TPSA) is 41.6 Å². The summed E-state index contributed by atoms with van der Waals surface area (Å²) in [7, 11) is 0. The Labute approximate surface area is 171 Å². The minimum absolute atomic E-state index is 0.0185. The fourth-order valence-corrected chi connectivity index (χ4v) is 3.50. The van der Waals surface area contributed by atoms with Gasteiger partial charge in [-0.1, -0.05) is 36.4 Å². The second-order valence-corrected chi connectivity index (χ2v) is 7.04. The van der Waals surface area contributed by atoms with Gasteiger partial charge < -0.3 is 9.64 Å². The Bertz CT molecular complexity index is 1050. The van der Waals surface area contributed by atoms with Crippen LogP contribution in [0.25, 0.3) is 0 Å². The van der Waals surface area contributed by atoms with Gasteiger partial charge in [-0.3, -0.25) is 5.32 Å². The van der Waals surface area contributed by atoms with Gasteiger partial charge >= 0.3 is 12.3 Å². The third kappa shape index (κ3) is 4.56. The van der Waals surface area contributed by atoms with Crippen molar-refractivity contribution in [2.45, 2.75) is 19.1 Å². The summed E-state index contributed by atoms with van der Waals surface area (Å²) in [5, 5.41) is 2.34. The smallest absolute Gasteiger partial charge is 0.410 e. The van der Waals surface area contributed by atoms with Crippen LogP contribution < -0.4 is 15.0 Å².